The number of hydrogen-bond acceptors (Lipinski definition) is 2. The molecule has 4 nitrogen and oxygen atoms in total. The highest BCUT2D eigenvalue weighted by Crippen LogP contribution is 2.23. The Morgan fingerprint density at radius 2 is 1.48 bits per heavy atom. The topological polar surface area (TPSA) is 55.1 Å². The number of hydrogen-bond donors (Lipinski definition) is 1. The SMILES string of the molecule is CCCCCCC(CCCCCCCCCCC(=O)O)n1ccnc1. The Balaban J connectivity index is 2.05. The number of carboxylic acid groups (broad SMARTS) is 1. The summed E-state index contributed by atoms with van der Waals surface area (Å²) in [5.74, 6) is -0.665. The van der Waals surface area contributed by atoms with Crippen molar-refractivity contribution in [1.29, 1.82) is 0 Å². The minimum atomic E-state index is -0.665. The van der Waals surface area contributed by atoms with E-state index in [0.717, 1.165) is 12.8 Å². The lowest BCUT2D eigenvalue weighted by atomic mass is 10.00. The molecule has 0 spiro atoms. The molecule has 0 saturated heterocycles. The third-order valence-corrected chi connectivity index (χ3v) is 5.02. The molecule has 1 aromatic rings. The van der Waals surface area contributed by atoms with Crippen LogP contribution in [0.3, 0.4) is 0 Å². The highest BCUT2D eigenvalue weighted by molar-refractivity contribution is 5.66. The summed E-state index contributed by atoms with van der Waals surface area (Å²) >= 11 is 0. The second-order valence-electron chi connectivity index (χ2n) is 7.27. The van der Waals surface area contributed by atoms with Gasteiger partial charge in [-0.3, -0.25) is 4.79 Å². The predicted molar refractivity (Wildman–Crippen MR) is 104 cm³/mol. The van der Waals surface area contributed by atoms with Gasteiger partial charge in [0, 0.05) is 24.9 Å². The van der Waals surface area contributed by atoms with Gasteiger partial charge in [-0.1, -0.05) is 77.6 Å². The maximum Gasteiger partial charge on any atom is 0.303 e. The molecule has 0 aliphatic carbocycles. The average Bonchev–Trinajstić information content (AvgIpc) is 3.12. The highest BCUT2D eigenvalue weighted by Gasteiger charge is 2.09. The fourth-order valence-corrected chi connectivity index (χ4v) is 3.45. The maximum atomic E-state index is 10.4. The summed E-state index contributed by atoms with van der Waals surface area (Å²) in [6.45, 7) is 2.26. The van der Waals surface area contributed by atoms with Crippen molar-refractivity contribution in [2.75, 3.05) is 0 Å². The maximum absolute atomic E-state index is 10.4. The largest absolute Gasteiger partial charge is 0.481 e. The summed E-state index contributed by atoms with van der Waals surface area (Å²) < 4.78 is 2.30. The van der Waals surface area contributed by atoms with Gasteiger partial charge >= 0.3 is 5.97 Å². The smallest absolute Gasteiger partial charge is 0.303 e. The van der Waals surface area contributed by atoms with Crippen LogP contribution < -0.4 is 0 Å². The van der Waals surface area contributed by atoms with E-state index in [2.05, 4.69) is 22.7 Å². The second-order valence-corrected chi connectivity index (χ2v) is 7.27. The molecule has 0 amide bonds. The quantitative estimate of drug-likeness (QED) is 0.332. The zero-order valence-corrected chi connectivity index (χ0v) is 16.2. The average molecular weight is 351 g/mol. The van der Waals surface area contributed by atoms with Crippen molar-refractivity contribution in [1.82, 2.24) is 9.55 Å². The van der Waals surface area contributed by atoms with E-state index in [1.807, 2.05) is 12.5 Å². The Labute approximate surface area is 154 Å². The van der Waals surface area contributed by atoms with E-state index in [9.17, 15) is 4.79 Å². The predicted octanol–water partition coefficient (Wildman–Crippen LogP) is 6.38. The van der Waals surface area contributed by atoms with E-state index in [-0.39, 0.29) is 0 Å². The number of unbranched alkanes of at least 4 members (excludes halogenated alkanes) is 10. The molecule has 0 radical (unpaired) electrons. The van der Waals surface area contributed by atoms with Gasteiger partial charge in [-0.15, -0.1) is 0 Å². The van der Waals surface area contributed by atoms with E-state index in [4.69, 9.17) is 5.11 Å². The number of aliphatic carboxylic acids is 1. The highest BCUT2D eigenvalue weighted by atomic mass is 16.4. The molecule has 25 heavy (non-hydrogen) atoms. The van der Waals surface area contributed by atoms with Crippen LogP contribution in [0.4, 0.5) is 0 Å². The summed E-state index contributed by atoms with van der Waals surface area (Å²) in [5.41, 5.74) is 0. The number of carboxylic acids is 1. The zero-order chi connectivity index (χ0) is 18.2. The van der Waals surface area contributed by atoms with Gasteiger partial charge in [-0.05, 0) is 19.3 Å². The summed E-state index contributed by atoms with van der Waals surface area (Å²) in [7, 11) is 0. The minimum Gasteiger partial charge on any atom is -0.481 e. The number of nitrogens with zero attached hydrogens (tertiary/aromatic N) is 2. The van der Waals surface area contributed by atoms with Crippen LogP contribution in [0.2, 0.25) is 0 Å². The van der Waals surface area contributed by atoms with Crippen LogP contribution in [0.15, 0.2) is 18.7 Å². The molecule has 1 heterocycles. The first-order valence-corrected chi connectivity index (χ1v) is 10.4. The molecule has 0 bridgehead atoms. The van der Waals surface area contributed by atoms with Gasteiger partial charge in [0.2, 0.25) is 0 Å². The van der Waals surface area contributed by atoms with Crippen LogP contribution in [0, 0.1) is 0 Å². The van der Waals surface area contributed by atoms with E-state index in [1.165, 1.54) is 77.0 Å². The van der Waals surface area contributed by atoms with Crippen LogP contribution in [0.25, 0.3) is 0 Å². The van der Waals surface area contributed by atoms with Gasteiger partial charge in [0.1, 0.15) is 0 Å². The molecule has 4 heteroatoms. The van der Waals surface area contributed by atoms with E-state index in [1.54, 1.807) is 0 Å². The molecule has 0 aliphatic heterocycles. The molecule has 144 valence electrons. The normalized spacial score (nSPS) is 12.4. The number of imidazole rings is 1. The van der Waals surface area contributed by atoms with Crippen molar-refractivity contribution < 1.29 is 9.90 Å². The zero-order valence-electron chi connectivity index (χ0n) is 16.2. The third kappa shape index (κ3) is 11.8. The van der Waals surface area contributed by atoms with Crippen LogP contribution in [0.5, 0.6) is 0 Å². The fraction of sp³-hybridized carbons (Fsp3) is 0.810. The lowest BCUT2D eigenvalue weighted by Gasteiger charge is -2.18. The van der Waals surface area contributed by atoms with Crippen LogP contribution in [-0.4, -0.2) is 20.6 Å². The molecule has 1 rings (SSSR count). The third-order valence-electron chi connectivity index (χ3n) is 5.02. The molecule has 1 N–H and O–H groups in total. The Morgan fingerprint density at radius 3 is 2.00 bits per heavy atom. The minimum absolute atomic E-state index is 0.327. The molecule has 1 unspecified atom stereocenters. The second kappa shape index (κ2) is 15.0. The number of rotatable bonds is 17. The molecule has 1 aromatic heterocycles. The van der Waals surface area contributed by atoms with Gasteiger partial charge in [0.25, 0.3) is 0 Å². The standard InChI is InChI=1S/C21H38N2O2/c1-2-3-4-11-14-20(23-18-17-22-19-23)15-12-9-7-5-6-8-10-13-16-21(24)25/h17-20H,2-16H2,1H3,(H,24,25). The van der Waals surface area contributed by atoms with E-state index in [0.29, 0.717) is 12.5 Å². The van der Waals surface area contributed by atoms with E-state index >= 15 is 0 Å². The van der Waals surface area contributed by atoms with Crippen LogP contribution in [-0.2, 0) is 4.79 Å². The summed E-state index contributed by atoms with van der Waals surface area (Å²) in [4.78, 5) is 14.7. The Morgan fingerprint density at radius 1 is 0.920 bits per heavy atom. The Hall–Kier alpha value is -1.32. The van der Waals surface area contributed by atoms with Crippen molar-refractivity contribution >= 4 is 5.97 Å². The van der Waals surface area contributed by atoms with Crippen molar-refractivity contribution in [2.24, 2.45) is 0 Å². The fourth-order valence-electron chi connectivity index (χ4n) is 3.45. The molecule has 0 aliphatic rings. The molecule has 0 saturated carbocycles. The van der Waals surface area contributed by atoms with E-state index < -0.39 is 5.97 Å². The molecular formula is C21H38N2O2. The van der Waals surface area contributed by atoms with Crippen molar-refractivity contribution in [3.63, 3.8) is 0 Å². The molecular weight excluding hydrogens is 312 g/mol. The Bertz CT molecular complexity index is 418. The van der Waals surface area contributed by atoms with Gasteiger partial charge < -0.3 is 9.67 Å². The lowest BCUT2D eigenvalue weighted by Crippen LogP contribution is -2.07. The first-order valence-electron chi connectivity index (χ1n) is 10.4. The van der Waals surface area contributed by atoms with Crippen LogP contribution in [0.1, 0.15) is 109 Å². The van der Waals surface area contributed by atoms with Crippen molar-refractivity contribution in [2.45, 2.75) is 109 Å². The molecule has 0 fully saturated rings. The van der Waals surface area contributed by atoms with Gasteiger partial charge in [-0.2, -0.15) is 0 Å². The summed E-state index contributed by atoms with van der Waals surface area (Å²) in [6.07, 6.45) is 23.7. The summed E-state index contributed by atoms with van der Waals surface area (Å²) in [5, 5.41) is 8.60. The van der Waals surface area contributed by atoms with Gasteiger partial charge in [0.05, 0.1) is 6.33 Å². The number of aromatic nitrogens is 2. The van der Waals surface area contributed by atoms with Gasteiger partial charge in [0.15, 0.2) is 0 Å². The van der Waals surface area contributed by atoms with Gasteiger partial charge in [-0.25, -0.2) is 4.98 Å². The van der Waals surface area contributed by atoms with Crippen LogP contribution >= 0.6 is 0 Å². The van der Waals surface area contributed by atoms with Crippen molar-refractivity contribution in [3.8, 4) is 0 Å². The first kappa shape index (κ1) is 21.7. The van der Waals surface area contributed by atoms with Crippen molar-refractivity contribution in [3.05, 3.63) is 18.7 Å². The first-order chi connectivity index (χ1) is 12.2. The molecule has 1 atom stereocenters. The number of carbonyl (C=O) groups is 1. The Kier molecular flexibility index (Phi) is 13.0. The molecule has 0 aromatic carbocycles. The summed E-state index contributed by atoms with van der Waals surface area (Å²) in [6, 6.07) is 0.621. The lowest BCUT2D eigenvalue weighted by molar-refractivity contribution is -0.137. The monoisotopic (exact) mass is 350 g/mol.